The lowest BCUT2D eigenvalue weighted by atomic mass is 10.0. The molecule has 1 heterocycles. The maximum Gasteiger partial charge on any atom is 0.242 e. The van der Waals surface area contributed by atoms with E-state index in [9.17, 15) is 8.42 Å². The van der Waals surface area contributed by atoms with E-state index in [1.807, 2.05) is 0 Å². The number of hydrogen-bond acceptors (Lipinski definition) is 6. The topological polar surface area (TPSA) is 99.9 Å². The number of ether oxygens (including phenoxy) is 3. The van der Waals surface area contributed by atoms with Crippen LogP contribution in [0.25, 0.3) is 0 Å². The van der Waals surface area contributed by atoms with Gasteiger partial charge in [0.15, 0.2) is 0 Å². The first-order chi connectivity index (χ1) is 9.92. The summed E-state index contributed by atoms with van der Waals surface area (Å²) in [5.41, 5.74) is 5.30. The summed E-state index contributed by atoms with van der Waals surface area (Å²) in [5, 5.41) is 0. The molecule has 1 saturated heterocycles. The number of rotatable bonds is 6. The minimum absolute atomic E-state index is 0.0217. The van der Waals surface area contributed by atoms with Crippen molar-refractivity contribution in [3.63, 3.8) is 0 Å². The Morgan fingerprint density at radius 1 is 1.43 bits per heavy atom. The highest BCUT2D eigenvalue weighted by Crippen LogP contribution is 2.25. The molecule has 0 saturated carbocycles. The third kappa shape index (κ3) is 3.46. The van der Waals surface area contributed by atoms with Gasteiger partial charge < -0.3 is 19.9 Å². The van der Waals surface area contributed by atoms with Gasteiger partial charge in [-0.1, -0.05) is 0 Å². The summed E-state index contributed by atoms with van der Waals surface area (Å²) < 4.78 is 42.9. The summed E-state index contributed by atoms with van der Waals surface area (Å²) >= 11 is 0. The predicted molar refractivity (Wildman–Crippen MR) is 77.8 cm³/mol. The highest BCUT2D eigenvalue weighted by atomic mass is 32.2. The zero-order chi connectivity index (χ0) is 15.5. The molecule has 3 N–H and O–H groups in total. The molecule has 1 unspecified atom stereocenters. The molecule has 118 valence electrons. The van der Waals surface area contributed by atoms with Crippen LogP contribution in [0.2, 0.25) is 0 Å². The predicted octanol–water partition coefficient (Wildman–Crippen LogP) is 0.361. The Hall–Kier alpha value is -1.35. The van der Waals surface area contributed by atoms with E-state index in [-0.39, 0.29) is 17.1 Å². The molecule has 1 atom stereocenters. The third-order valence-electron chi connectivity index (χ3n) is 3.59. The van der Waals surface area contributed by atoms with Crippen LogP contribution in [0, 0.1) is 0 Å². The molecular weight excluding hydrogens is 296 g/mol. The molecule has 21 heavy (non-hydrogen) atoms. The first-order valence-corrected chi connectivity index (χ1v) is 7.97. The van der Waals surface area contributed by atoms with Gasteiger partial charge in [-0.3, -0.25) is 0 Å². The van der Waals surface area contributed by atoms with Crippen LogP contribution >= 0.6 is 0 Å². The normalized spacial score (nSPS) is 22.4. The Kier molecular flexibility index (Phi) is 4.72. The molecule has 7 nitrogen and oxygen atoms in total. The number of methoxy groups -OCH3 is 2. The molecule has 0 bridgehead atoms. The van der Waals surface area contributed by atoms with Crippen LogP contribution in [0.15, 0.2) is 23.1 Å². The Morgan fingerprint density at radius 2 is 2.19 bits per heavy atom. The number of benzene rings is 1. The van der Waals surface area contributed by atoms with Gasteiger partial charge in [0.05, 0.1) is 19.4 Å². The first kappa shape index (κ1) is 16.0. The molecule has 0 radical (unpaired) electrons. The molecule has 2 rings (SSSR count). The van der Waals surface area contributed by atoms with E-state index in [0.29, 0.717) is 25.4 Å². The maximum absolute atomic E-state index is 12.3. The molecular formula is C13H20N2O5S. The summed E-state index contributed by atoms with van der Waals surface area (Å²) in [5.74, 6) is 0.504. The molecule has 1 fully saturated rings. The minimum Gasteiger partial charge on any atom is -0.497 e. The quantitative estimate of drug-likeness (QED) is 0.735. The average molecular weight is 316 g/mol. The molecule has 0 aliphatic carbocycles. The van der Waals surface area contributed by atoms with Crippen LogP contribution < -0.4 is 15.2 Å². The zero-order valence-electron chi connectivity index (χ0n) is 12.1. The fourth-order valence-corrected chi connectivity index (χ4v) is 3.39. The molecule has 0 amide bonds. The van der Waals surface area contributed by atoms with Gasteiger partial charge in [0, 0.05) is 32.7 Å². The van der Waals surface area contributed by atoms with Crippen molar-refractivity contribution in [2.24, 2.45) is 0 Å². The van der Waals surface area contributed by atoms with E-state index < -0.39 is 15.6 Å². The lowest BCUT2D eigenvalue weighted by Gasteiger charge is -2.25. The number of hydrogen-bond donors (Lipinski definition) is 2. The third-order valence-corrected chi connectivity index (χ3v) is 5.07. The summed E-state index contributed by atoms with van der Waals surface area (Å²) in [6, 6.07) is 4.44. The Bertz CT molecular complexity index is 597. The lowest BCUT2D eigenvalue weighted by molar-refractivity contribution is -0.0120. The summed E-state index contributed by atoms with van der Waals surface area (Å²) in [7, 11) is -0.682. The Labute approximate surface area is 124 Å². The van der Waals surface area contributed by atoms with Gasteiger partial charge in [0.2, 0.25) is 10.0 Å². The number of sulfonamides is 1. The fourth-order valence-electron chi connectivity index (χ4n) is 2.16. The SMILES string of the molecule is COc1ccc(S(=O)(=O)NCC2(OC)CCOC2)c(N)c1. The molecule has 1 aromatic rings. The van der Waals surface area contributed by atoms with Crippen molar-refractivity contribution in [3.8, 4) is 5.75 Å². The molecule has 8 heteroatoms. The van der Waals surface area contributed by atoms with Gasteiger partial charge in [-0.15, -0.1) is 0 Å². The number of nitrogens with one attached hydrogen (secondary N) is 1. The molecule has 1 aliphatic heterocycles. The van der Waals surface area contributed by atoms with Gasteiger partial charge in [-0.25, -0.2) is 13.1 Å². The highest BCUT2D eigenvalue weighted by Gasteiger charge is 2.36. The standard InChI is InChI=1S/C13H20N2O5S/c1-18-10-3-4-12(11(14)7-10)21(16,17)15-8-13(19-2)5-6-20-9-13/h3-4,7,15H,5-6,8-9,14H2,1-2H3. The van der Waals surface area contributed by atoms with Crippen LogP contribution in [-0.4, -0.2) is 48.0 Å². The van der Waals surface area contributed by atoms with Gasteiger partial charge in [0.25, 0.3) is 0 Å². The van der Waals surface area contributed by atoms with Crippen molar-refractivity contribution < 1.29 is 22.6 Å². The van der Waals surface area contributed by atoms with Crippen molar-refractivity contribution in [2.75, 3.05) is 39.7 Å². The zero-order valence-corrected chi connectivity index (χ0v) is 12.9. The van der Waals surface area contributed by atoms with E-state index in [2.05, 4.69) is 4.72 Å². The largest absolute Gasteiger partial charge is 0.497 e. The second kappa shape index (κ2) is 6.18. The Balaban J connectivity index is 2.15. The van der Waals surface area contributed by atoms with Crippen molar-refractivity contribution in [1.82, 2.24) is 4.72 Å². The monoisotopic (exact) mass is 316 g/mol. The van der Waals surface area contributed by atoms with Crippen molar-refractivity contribution in [3.05, 3.63) is 18.2 Å². The Morgan fingerprint density at radius 3 is 2.71 bits per heavy atom. The number of anilines is 1. The first-order valence-electron chi connectivity index (χ1n) is 6.48. The van der Waals surface area contributed by atoms with Crippen LogP contribution in [0.5, 0.6) is 5.75 Å². The van der Waals surface area contributed by atoms with Gasteiger partial charge in [-0.2, -0.15) is 0 Å². The lowest BCUT2D eigenvalue weighted by Crippen LogP contribution is -2.45. The maximum atomic E-state index is 12.3. The molecule has 1 aromatic carbocycles. The average Bonchev–Trinajstić information content (AvgIpc) is 2.94. The van der Waals surface area contributed by atoms with Gasteiger partial charge >= 0.3 is 0 Å². The van der Waals surface area contributed by atoms with E-state index >= 15 is 0 Å². The molecule has 0 aromatic heterocycles. The van der Waals surface area contributed by atoms with Gasteiger partial charge in [0.1, 0.15) is 16.2 Å². The summed E-state index contributed by atoms with van der Waals surface area (Å²) in [4.78, 5) is 0.0217. The molecule has 0 spiro atoms. The minimum atomic E-state index is -3.72. The number of nitrogens with two attached hydrogens (primary N) is 1. The van der Waals surface area contributed by atoms with E-state index in [1.54, 1.807) is 13.2 Å². The van der Waals surface area contributed by atoms with E-state index in [0.717, 1.165) is 0 Å². The molecule has 1 aliphatic rings. The van der Waals surface area contributed by atoms with E-state index in [4.69, 9.17) is 19.9 Å². The second-order valence-corrected chi connectivity index (χ2v) is 6.65. The highest BCUT2D eigenvalue weighted by molar-refractivity contribution is 7.89. The summed E-state index contributed by atoms with van der Waals surface area (Å²) in [6.45, 7) is 1.06. The number of nitrogen functional groups attached to an aromatic ring is 1. The van der Waals surface area contributed by atoms with Crippen molar-refractivity contribution >= 4 is 15.7 Å². The van der Waals surface area contributed by atoms with Crippen LogP contribution in [0.4, 0.5) is 5.69 Å². The second-order valence-electron chi connectivity index (χ2n) is 4.92. The van der Waals surface area contributed by atoms with Crippen LogP contribution in [0.1, 0.15) is 6.42 Å². The summed E-state index contributed by atoms with van der Waals surface area (Å²) in [6.07, 6.45) is 0.643. The van der Waals surface area contributed by atoms with E-state index in [1.165, 1.54) is 19.2 Å². The van der Waals surface area contributed by atoms with Crippen molar-refractivity contribution in [2.45, 2.75) is 16.9 Å². The fraction of sp³-hybridized carbons (Fsp3) is 0.538. The van der Waals surface area contributed by atoms with Crippen LogP contribution in [-0.2, 0) is 19.5 Å². The van der Waals surface area contributed by atoms with Gasteiger partial charge in [-0.05, 0) is 12.1 Å². The van der Waals surface area contributed by atoms with Crippen LogP contribution in [0.3, 0.4) is 0 Å². The van der Waals surface area contributed by atoms with Crippen molar-refractivity contribution in [1.29, 1.82) is 0 Å². The smallest absolute Gasteiger partial charge is 0.242 e.